The molecule has 0 heterocycles. The van der Waals surface area contributed by atoms with Gasteiger partial charge < -0.3 is 9.94 Å². The molecular formula is C8H8BrNO2. The number of ether oxygens (including phenoxy) is 1. The van der Waals surface area contributed by atoms with Crippen LogP contribution >= 0.6 is 15.9 Å². The highest BCUT2D eigenvalue weighted by atomic mass is 79.9. The molecule has 1 aromatic rings. The summed E-state index contributed by atoms with van der Waals surface area (Å²) in [5, 5.41) is 11.2. The molecule has 0 aromatic heterocycles. The van der Waals surface area contributed by atoms with Crippen molar-refractivity contribution in [2.45, 2.75) is 0 Å². The Hall–Kier alpha value is -1.03. The van der Waals surface area contributed by atoms with E-state index in [0.29, 0.717) is 5.75 Å². The number of benzene rings is 1. The molecule has 1 N–H and O–H groups in total. The molecule has 4 heteroatoms. The Balaban J connectivity index is 3.10. The fourth-order valence-electron chi connectivity index (χ4n) is 0.854. The van der Waals surface area contributed by atoms with E-state index in [0.717, 1.165) is 10.0 Å². The molecule has 1 rings (SSSR count). The van der Waals surface area contributed by atoms with Crippen LogP contribution in [-0.2, 0) is 0 Å². The second-order valence-corrected chi connectivity index (χ2v) is 3.05. The van der Waals surface area contributed by atoms with Crippen LogP contribution < -0.4 is 4.74 Å². The number of hydrogen-bond acceptors (Lipinski definition) is 3. The summed E-state index contributed by atoms with van der Waals surface area (Å²) in [6.45, 7) is 0. The highest BCUT2D eigenvalue weighted by molar-refractivity contribution is 9.10. The minimum atomic E-state index is 0.669. The van der Waals surface area contributed by atoms with Crippen molar-refractivity contribution >= 4 is 22.1 Å². The second-order valence-electron chi connectivity index (χ2n) is 2.13. The van der Waals surface area contributed by atoms with E-state index in [1.54, 1.807) is 19.2 Å². The summed E-state index contributed by atoms with van der Waals surface area (Å²) in [4.78, 5) is 0. The molecule has 0 spiro atoms. The highest BCUT2D eigenvalue weighted by Crippen LogP contribution is 2.21. The highest BCUT2D eigenvalue weighted by Gasteiger charge is 1.99. The van der Waals surface area contributed by atoms with E-state index >= 15 is 0 Å². The van der Waals surface area contributed by atoms with E-state index in [-0.39, 0.29) is 0 Å². The molecule has 0 fully saturated rings. The van der Waals surface area contributed by atoms with Crippen molar-refractivity contribution in [3.63, 3.8) is 0 Å². The van der Waals surface area contributed by atoms with Gasteiger partial charge in [0.15, 0.2) is 0 Å². The fraction of sp³-hybridized carbons (Fsp3) is 0.125. The predicted octanol–water partition coefficient (Wildman–Crippen LogP) is 2.27. The molecule has 0 saturated carbocycles. The van der Waals surface area contributed by atoms with Crippen LogP contribution in [0.25, 0.3) is 0 Å². The van der Waals surface area contributed by atoms with Crippen LogP contribution in [0.2, 0.25) is 0 Å². The molecule has 0 atom stereocenters. The maximum atomic E-state index is 8.31. The molecular weight excluding hydrogens is 222 g/mol. The predicted molar refractivity (Wildman–Crippen MR) is 50.1 cm³/mol. The van der Waals surface area contributed by atoms with Crippen molar-refractivity contribution < 1.29 is 9.94 Å². The van der Waals surface area contributed by atoms with Gasteiger partial charge in [-0.05, 0) is 18.2 Å². The molecule has 0 radical (unpaired) electrons. The van der Waals surface area contributed by atoms with Crippen molar-refractivity contribution in [1.82, 2.24) is 0 Å². The molecule has 0 unspecified atom stereocenters. The quantitative estimate of drug-likeness (QED) is 0.481. The lowest BCUT2D eigenvalue weighted by Crippen LogP contribution is -1.90. The smallest absolute Gasteiger partial charge is 0.128 e. The van der Waals surface area contributed by atoms with E-state index in [2.05, 4.69) is 21.1 Å². The van der Waals surface area contributed by atoms with Crippen molar-refractivity contribution in [3.05, 3.63) is 28.2 Å². The van der Waals surface area contributed by atoms with E-state index in [4.69, 9.17) is 9.94 Å². The van der Waals surface area contributed by atoms with Gasteiger partial charge in [0.05, 0.1) is 13.3 Å². The zero-order valence-electron chi connectivity index (χ0n) is 6.49. The molecule has 1 aromatic carbocycles. The topological polar surface area (TPSA) is 41.8 Å². The third-order valence-corrected chi connectivity index (χ3v) is 1.89. The number of rotatable bonds is 2. The van der Waals surface area contributed by atoms with Gasteiger partial charge in [-0.3, -0.25) is 0 Å². The van der Waals surface area contributed by atoms with Crippen molar-refractivity contribution in [2.24, 2.45) is 5.16 Å². The molecule has 0 aliphatic heterocycles. The van der Waals surface area contributed by atoms with Gasteiger partial charge in [-0.2, -0.15) is 0 Å². The number of oxime groups is 1. The van der Waals surface area contributed by atoms with Crippen LogP contribution in [-0.4, -0.2) is 18.5 Å². The normalized spacial score (nSPS) is 10.5. The van der Waals surface area contributed by atoms with E-state index in [9.17, 15) is 0 Å². The van der Waals surface area contributed by atoms with Crippen LogP contribution in [0, 0.1) is 0 Å². The van der Waals surface area contributed by atoms with Gasteiger partial charge in [-0.25, -0.2) is 0 Å². The van der Waals surface area contributed by atoms with Gasteiger partial charge in [0.25, 0.3) is 0 Å². The first-order chi connectivity index (χ1) is 5.77. The maximum absolute atomic E-state index is 8.31. The van der Waals surface area contributed by atoms with Crippen molar-refractivity contribution in [2.75, 3.05) is 7.11 Å². The summed E-state index contributed by atoms with van der Waals surface area (Å²) in [5.74, 6) is 0.669. The third-order valence-electron chi connectivity index (χ3n) is 1.39. The van der Waals surface area contributed by atoms with Crippen molar-refractivity contribution in [3.8, 4) is 5.75 Å². The minimum absolute atomic E-state index is 0.669. The standard InChI is InChI=1S/C8H8BrNO2/c1-12-8-4-7(9)3-2-6(8)5-10-11/h2-5,11H,1H3/b10-5+. The van der Waals surface area contributed by atoms with E-state index in [1.165, 1.54) is 6.21 Å². The first kappa shape index (κ1) is 9.06. The van der Waals surface area contributed by atoms with Crippen LogP contribution in [0.4, 0.5) is 0 Å². The summed E-state index contributed by atoms with van der Waals surface area (Å²) in [6.07, 6.45) is 1.32. The van der Waals surface area contributed by atoms with Crippen LogP contribution in [0.1, 0.15) is 5.56 Å². The van der Waals surface area contributed by atoms with Gasteiger partial charge in [-0.1, -0.05) is 21.1 Å². The van der Waals surface area contributed by atoms with E-state index in [1.807, 2.05) is 6.07 Å². The van der Waals surface area contributed by atoms with Crippen LogP contribution in [0.3, 0.4) is 0 Å². The summed E-state index contributed by atoms with van der Waals surface area (Å²) in [6, 6.07) is 5.44. The molecule has 0 bridgehead atoms. The Labute approximate surface area is 78.8 Å². The summed E-state index contributed by atoms with van der Waals surface area (Å²) in [7, 11) is 1.57. The Kier molecular flexibility index (Phi) is 3.10. The maximum Gasteiger partial charge on any atom is 0.128 e. The Bertz CT molecular complexity index is 299. The SMILES string of the molecule is COc1cc(Br)ccc1/C=N/O. The molecule has 0 aliphatic carbocycles. The van der Waals surface area contributed by atoms with Crippen LogP contribution in [0.15, 0.2) is 27.8 Å². The van der Waals surface area contributed by atoms with Gasteiger partial charge in [0, 0.05) is 10.0 Å². The fourth-order valence-corrected chi connectivity index (χ4v) is 1.19. The Morgan fingerprint density at radius 3 is 2.92 bits per heavy atom. The summed E-state index contributed by atoms with van der Waals surface area (Å²) < 4.78 is 5.97. The van der Waals surface area contributed by atoms with Gasteiger partial charge in [-0.15, -0.1) is 0 Å². The molecule has 3 nitrogen and oxygen atoms in total. The number of methoxy groups -OCH3 is 1. The monoisotopic (exact) mass is 229 g/mol. The average Bonchev–Trinajstić information content (AvgIpc) is 2.08. The summed E-state index contributed by atoms with van der Waals surface area (Å²) in [5.41, 5.74) is 0.739. The summed E-state index contributed by atoms with van der Waals surface area (Å²) >= 11 is 3.30. The Morgan fingerprint density at radius 1 is 1.58 bits per heavy atom. The largest absolute Gasteiger partial charge is 0.496 e. The van der Waals surface area contributed by atoms with E-state index < -0.39 is 0 Å². The molecule has 12 heavy (non-hydrogen) atoms. The average molecular weight is 230 g/mol. The lowest BCUT2D eigenvalue weighted by molar-refractivity contribution is 0.321. The van der Waals surface area contributed by atoms with Crippen LogP contribution in [0.5, 0.6) is 5.75 Å². The first-order valence-electron chi connectivity index (χ1n) is 3.29. The van der Waals surface area contributed by atoms with Crippen molar-refractivity contribution in [1.29, 1.82) is 0 Å². The number of nitrogens with zero attached hydrogens (tertiary/aromatic N) is 1. The van der Waals surface area contributed by atoms with Gasteiger partial charge >= 0.3 is 0 Å². The third kappa shape index (κ3) is 1.98. The minimum Gasteiger partial charge on any atom is -0.496 e. The first-order valence-corrected chi connectivity index (χ1v) is 4.08. The number of halogens is 1. The molecule has 0 aliphatic rings. The Morgan fingerprint density at radius 2 is 2.33 bits per heavy atom. The zero-order chi connectivity index (χ0) is 8.97. The van der Waals surface area contributed by atoms with Gasteiger partial charge in [0.1, 0.15) is 5.75 Å². The van der Waals surface area contributed by atoms with Gasteiger partial charge in [0.2, 0.25) is 0 Å². The molecule has 64 valence electrons. The molecule has 0 saturated heterocycles. The zero-order valence-corrected chi connectivity index (χ0v) is 8.08. The molecule has 0 amide bonds. The second kappa shape index (κ2) is 4.11. The lowest BCUT2D eigenvalue weighted by atomic mass is 10.2. The lowest BCUT2D eigenvalue weighted by Gasteiger charge is -2.03. The number of hydrogen-bond donors (Lipinski definition) is 1.